The number of rotatable bonds is 3. The third-order valence-corrected chi connectivity index (χ3v) is 3.11. The summed E-state index contributed by atoms with van der Waals surface area (Å²) in [5.74, 6) is 0. The lowest BCUT2D eigenvalue weighted by Gasteiger charge is -2.11. The Balaban J connectivity index is 2.40. The van der Waals surface area contributed by atoms with Crippen molar-refractivity contribution < 1.29 is 0 Å². The summed E-state index contributed by atoms with van der Waals surface area (Å²) in [6.45, 7) is 4.26. The molecule has 5 nitrogen and oxygen atoms in total. The van der Waals surface area contributed by atoms with Crippen molar-refractivity contribution in [3.05, 3.63) is 12.3 Å². The first-order chi connectivity index (χ1) is 7.22. The lowest BCUT2D eigenvalue weighted by Crippen LogP contribution is -2.07. The van der Waals surface area contributed by atoms with Gasteiger partial charge in [0.25, 0.3) is 0 Å². The second-order valence-electron chi connectivity index (χ2n) is 3.36. The number of nitrogen functional groups attached to an aromatic ring is 1. The summed E-state index contributed by atoms with van der Waals surface area (Å²) in [6, 6.07) is 2.30. The van der Waals surface area contributed by atoms with Crippen LogP contribution in [0.1, 0.15) is 26.3 Å². The van der Waals surface area contributed by atoms with Gasteiger partial charge < -0.3 is 5.73 Å². The van der Waals surface area contributed by atoms with Gasteiger partial charge in [-0.2, -0.15) is 5.10 Å². The minimum absolute atomic E-state index is 0.361. The van der Waals surface area contributed by atoms with E-state index in [1.807, 2.05) is 10.7 Å². The van der Waals surface area contributed by atoms with Gasteiger partial charge in [-0.25, -0.2) is 0 Å². The van der Waals surface area contributed by atoms with Crippen LogP contribution in [0.5, 0.6) is 0 Å². The highest BCUT2D eigenvalue weighted by atomic mass is 32.1. The zero-order valence-corrected chi connectivity index (χ0v) is 9.53. The zero-order chi connectivity index (χ0) is 10.8. The van der Waals surface area contributed by atoms with Crippen molar-refractivity contribution in [2.45, 2.75) is 26.3 Å². The highest BCUT2D eigenvalue weighted by Crippen LogP contribution is 2.26. The molecule has 15 heavy (non-hydrogen) atoms. The van der Waals surface area contributed by atoms with Gasteiger partial charge in [-0.15, -0.1) is 10.2 Å². The van der Waals surface area contributed by atoms with Gasteiger partial charge >= 0.3 is 0 Å². The topological polar surface area (TPSA) is 69.6 Å². The van der Waals surface area contributed by atoms with E-state index in [1.54, 1.807) is 6.20 Å². The Morgan fingerprint density at radius 2 is 2.33 bits per heavy atom. The quantitative estimate of drug-likeness (QED) is 0.863. The molecule has 0 aliphatic heterocycles. The van der Waals surface area contributed by atoms with Crippen LogP contribution in [0.15, 0.2) is 12.3 Å². The SMILES string of the molecule is CC[C@H](C)n1nccc1-c1nnc(N)s1. The van der Waals surface area contributed by atoms with Gasteiger partial charge in [0.2, 0.25) is 5.13 Å². The van der Waals surface area contributed by atoms with E-state index in [-0.39, 0.29) is 0 Å². The van der Waals surface area contributed by atoms with Crippen LogP contribution >= 0.6 is 11.3 Å². The van der Waals surface area contributed by atoms with Gasteiger partial charge in [0, 0.05) is 12.2 Å². The first-order valence-corrected chi connectivity index (χ1v) is 5.67. The zero-order valence-electron chi connectivity index (χ0n) is 8.71. The molecule has 0 saturated heterocycles. The van der Waals surface area contributed by atoms with Gasteiger partial charge in [0.15, 0.2) is 5.01 Å². The summed E-state index contributed by atoms with van der Waals surface area (Å²) in [5.41, 5.74) is 6.54. The van der Waals surface area contributed by atoms with E-state index in [0.717, 1.165) is 17.1 Å². The molecule has 0 unspecified atom stereocenters. The fraction of sp³-hybridized carbons (Fsp3) is 0.444. The van der Waals surface area contributed by atoms with Crippen LogP contribution in [0.4, 0.5) is 5.13 Å². The Kier molecular flexibility index (Phi) is 2.68. The molecular weight excluding hydrogens is 210 g/mol. The molecule has 0 saturated carbocycles. The Morgan fingerprint density at radius 1 is 1.53 bits per heavy atom. The number of nitrogens with two attached hydrogens (primary N) is 1. The van der Waals surface area contributed by atoms with Crippen LogP contribution < -0.4 is 5.73 Å². The van der Waals surface area contributed by atoms with Crippen molar-refractivity contribution in [2.75, 3.05) is 5.73 Å². The van der Waals surface area contributed by atoms with Crippen LogP contribution in [-0.4, -0.2) is 20.0 Å². The third-order valence-electron chi connectivity index (χ3n) is 2.34. The Labute approximate surface area is 91.9 Å². The number of anilines is 1. The second kappa shape index (κ2) is 3.98. The lowest BCUT2D eigenvalue weighted by atomic mass is 10.2. The maximum Gasteiger partial charge on any atom is 0.203 e. The summed E-state index contributed by atoms with van der Waals surface area (Å²) in [7, 11) is 0. The summed E-state index contributed by atoms with van der Waals surface area (Å²) in [5, 5.41) is 13.4. The molecule has 6 heteroatoms. The largest absolute Gasteiger partial charge is 0.374 e. The van der Waals surface area contributed by atoms with E-state index in [0.29, 0.717) is 11.2 Å². The summed E-state index contributed by atoms with van der Waals surface area (Å²) >= 11 is 1.38. The molecule has 0 fully saturated rings. The molecule has 2 aromatic rings. The molecular formula is C9H13N5S. The molecule has 2 aromatic heterocycles. The molecule has 0 bridgehead atoms. The lowest BCUT2D eigenvalue weighted by molar-refractivity contribution is 0.483. The monoisotopic (exact) mass is 223 g/mol. The van der Waals surface area contributed by atoms with Crippen molar-refractivity contribution >= 4 is 16.5 Å². The molecule has 2 rings (SSSR count). The van der Waals surface area contributed by atoms with Crippen molar-refractivity contribution in [3.63, 3.8) is 0 Å². The number of nitrogens with zero attached hydrogens (tertiary/aromatic N) is 4. The third kappa shape index (κ3) is 1.85. The molecule has 0 radical (unpaired) electrons. The average molecular weight is 223 g/mol. The van der Waals surface area contributed by atoms with Crippen molar-refractivity contribution in [1.82, 2.24) is 20.0 Å². The second-order valence-corrected chi connectivity index (χ2v) is 4.37. The fourth-order valence-electron chi connectivity index (χ4n) is 1.35. The molecule has 2 N–H and O–H groups in total. The number of hydrogen-bond acceptors (Lipinski definition) is 5. The van der Waals surface area contributed by atoms with Gasteiger partial charge in [0.1, 0.15) is 0 Å². The number of hydrogen-bond donors (Lipinski definition) is 1. The highest BCUT2D eigenvalue weighted by Gasteiger charge is 2.13. The smallest absolute Gasteiger partial charge is 0.203 e. The van der Waals surface area contributed by atoms with E-state index in [2.05, 4.69) is 29.1 Å². The molecule has 80 valence electrons. The van der Waals surface area contributed by atoms with Gasteiger partial charge in [-0.1, -0.05) is 18.3 Å². The van der Waals surface area contributed by atoms with E-state index in [1.165, 1.54) is 11.3 Å². The average Bonchev–Trinajstić information content (AvgIpc) is 2.84. The van der Waals surface area contributed by atoms with Crippen molar-refractivity contribution in [3.8, 4) is 10.7 Å². The van der Waals surface area contributed by atoms with Crippen molar-refractivity contribution in [2.24, 2.45) is 0 Å². The van der Waals surface area contributed by atoms with Gasteiger partial charge in [-0.3, -0.25) is 4.68 Å². The summed E-state index contributed by atoms with van der Waals surface area (Å²) in [6.07, 6.45) is 2.81. The van der Waals surface area contributed by atoms with Crippen LogP contribution in [0.3, 0.4) is 0 Å². The summed E-state index contributed by atoms with van der Waals surface area (Å²) in [4.78, 5) is 0. The maximum atomic E-state index is 5.56. The predicted molar refractivity (Wildman–Crippen MR) is 60.5 cm³/mol. The van der Waals surface area contributed by atoms with E-state index in [9.17, 15) is 0 Å². The van der Waals surface area contributed by atoms with Crippen LogP contribution in [0.25, 0.3) is 10.7 Å². The van der Waals surface area contributed by atoms with E-state index >= 15 is 0 Å². The molecule has 0 spiro atoms. The Morgan fingerprint density at radius 3 is 2.93 bits per heavy atom. The maximum absolute atomic E-state index is 5.56. The molecule has 0 aromatic carbocycles. The Hall–Kier alpha value is -1.43. The molecule has 0 amide bonds. The normalized spacial score (nSPS) is 12.9. The molecule has 0 aliphatic carbocycles. The minimum Gasteiger partial charge on any atom is -0.374 e. The van der Waals surface area contributed by atoms with Crippen LogP contribution in [-0.2, 0) is 0 Å². The van der Waals surface area contributed by atoms with E-state index in [4.69, 9.17) is 5.73 Å². The standard InChI is InChI=1S/C9H13N5S/c1-3-6(2)14-7(4-5-11-14)8-12-13-9(10)15-8/h4-6H,3H2,1-2H3,(H2,10,13)/t6-/m0/s1. The highest BCUT2D eigenvalue weighted by molar-refractivity contribution is 7.18. The number of aromatic nitrogens is 4. The van der Waals surface area contributed by atoms with Crippen LogP contribution in [0, 0.1) is 0 Å². The van der Waals surface area contributed by atoms with E-state index < -0.39 is 0 Å². The van der Waals surface area contributed by atoms with Gasteiger partial charge in [-0.05, 0) is 19.4 Å². The van der Waals surface area contributed by atoms with Crippen LogP contribution in [0.2, 0.25) is 0 Å². The molecule has 1 atom stereocenters. The molecule has 0 aliphatic rings. The van der Waals surface area contributed by atoms with Crippen molar-refractivity contribution in [1.29, 1.82) is 0 Å². The summed E-state index contributed by atoms with van der Waals surface area (Å²) < 4.78 is 1.96. The fourth-order valence-corrected chi connectivity index (χ4v) is 1.97. The minimum atomic E-state index is 0.361. The predicted octanol–water partition coefficient (Wildman–Crippen LogP) is 1.95. The van der Waals surface area contributed by atoms with Gasteiger partial charge in [0.05, 0.1) is 5.69 Å². The molecule has 2 heterocycles. The first-order valence-electron chi connectivity index (χ1n) is 4.85. The Bertz CT molecular complexity index is 447. The first kappa shape index (κ1) is 10.1.